The standard InChI is InChI=1S/C17H14N2OS/c1-17(15(20)18-16(21)19-17)12-6-7-14-11(9-12)8-10-4-2-3-5-13(10)14/h2-7,9H,8H2,1H3,(H2,18,19,20,21). The van der Waals surface area contributed by atoms with Crippen LogP contribution in [-0.4, -0.2) is 11.0 Å². The van der Waals surface area contributed by atoms with Gasteiger partial charge in [0, 0.05) is 0 Å². The Morgan fingerprint density at radius 1 is 1.10 bits per heavy atom. The number of nitrogens with one attached hydrogen (secondary N) is 2. The van der Waals surface area contributed by atoms with Crippen LogP contribution in [-0.2, 0) is 16.8 Å². The van der Waals surface area contributed by atoms with Gasteiger partial charge in [-0.2, -0.15) is 0 Å². The molecule has 2 aromatic rings. The quantitative estimate of drug-likeness (QED) is 0.678. The molecule has 4 heteroatoms. The first-order chi connectivity index (χ1) is 10.1. The normalized spacial score (nSPS) is 22.5. The van der Waals surface area contributed by atoms with Crippen LogP contribution in [0.5, 0.6) is 0 Å². The van der Waals surface area contributed by atoms with E-state index in [0.717, 1.165) is 12.0 Å². The van der Waals surface area contributed by atoms with Gasteiger partial charge in [-0.05, 0) is 53.4 Å². The number of hydrogen-bond donors (Lipinski definition) is 2. The molecular formula is C17H14N2OS. The average molecular weight is 294 g/mol. The van der Waals surface area contributed by atoms with Crippen LogP contribution in [0.15, 0.2) is 42.5 Å². The first-order valence-electron chi connectivity index (χ1n) is 6.93. The molecule has 2 aromatic carbocycles. The maximum Gasteiger partial charge on any atom is 0.256 e. The van der Waals surface area contributed by atoms with Crippen LogP contribution in [0, 0.1) is 0 Å². The predicted molar refractivity (Wildman–Crippen MR) is 85.9 cm³/mol. The fourth-order valence-electron chi connectivity index (χ4n) is 3.20. The van der Waals surface area contributed by atoms with Crippen molar-refractivity contribution in [3.05, 3.63) is 59.2 Å². The molecule has 0 aromatic heterocycles. The molecule has 1 saturated heterocycles. The summed E-state index contributed by atoms with van der Waals surface area (Å²) in [7, 11) is 0. The van der Waals surface area contributed by atoms with Gasteiger partial charge in [0.05, 0.1) is 0 Å². The van der Waals surface area contributed by atoms with E-state index in [-0.39, 0.29) is 5.91 Å². The van der Waals surface area contributed by atoms with Crippen molar-refractivity contribution in [2.45, 2.75) is 18.9 Å². The maximum atomic E-state index is 12.2. The fourth-order valence-corrected chi connectivity index (χ4v) is 3.50. The number of benzene rings is 2. The molecule has 1 aliphatic carbocycles. The molecule has 0 radical (unpaired) electrons. The largest absolute Gasteiger partial charge is 0.345 e. The van der Waals surface area contributed by atoms with E-state index >= 15 is 0 Å². The average Bonchev–Trinajstić information content (AvgIpc) is 2.96. The molecule has 104 valence electrons. The van der Waals surface area contributed by atoms with E-state index in [4.69, 9.17) is 12.2 Å². The third kappa shape index (κ3) is 1.72. The van der Waals surface area contributed by atoms with Crippen LogP contribution in [0.25, 0.3) is 11.1 Å². The highest BCUT2D eigenvalue weighted by molar-refractivity contribution is 7.80. The minimum atomic E-state index is -0.777. The molecule has 1 heterocycles. The number of hydrogen-bond acceptors (Lipinski definition) is 2. The smallest absolute Gasteiger partial charge is 0.256 e. The van der Waals surface area contributed by atoms with Crippen LogP contribution in [0.3, 0.4) is 0 Å². The second-order valence-electron chi connectivity index (χ2n) is 5.74. The molecule has 2 N–H and O–H groups in total. The van der Waals surface area contributed by atoms with Crippen molar-refractivity contribution in [3.8, 4) is 11.1 Å². The summed E-state index contributed by atoms with van der Waals surface area (Å²) in [5, 5.41) is 6.15. The summed E-state index contributed by atoms with van der Waals surface area (Å²) in [6.07, 6.45) is 0.918. The van der Waals surface area contributed by atoms with Crippen molar-refractivity contribution in [2.24, 2.45) is 0 Å². The lowest BCUT2D eigenvalue weighted by Gasteiger charge is -2.22. The number of amides is 1. The molecule has 3 nitrogen and oxygen atoms in total. The highest BCUT2D eigenvalue weighted by Crippen LogP contribution is 2.38. The van der Waals surface area contributed by atoms with Crippen LogP contribution < -0.4 is 10.6 Å². The van der Waals surface area contributed by atoms with Gasteiger partial charge in [-0.3, -0.25) is 4.79 Å². The second kappa shape index (κ2) is 4.15. The van der Waals surface area contributed by atoms with Gasteiger partial charge in [0.25, 0.3) is 5.91 Å². The first-order valence-corrected chi connectivity index (χ1v) is 7.34. The third-order valence-corrected chi connectivity index (χ3v) is 4.62. The summed E-state index contributed by atoms with van der Waals surface area (Å²) in [5.74, 6) is -0.0945. The zero-order valence-corrected chi connectivity index (χ0v) is 12.4. The highest BCUT2D eigenvalue weighted by Gasteiger charge is 2.42. The fraction of sp³-hybridized carbons (Fsp3) is 0.176. The molecule has 1 atom stereocenters. The van der Waals surface area contributed by atoms with E-state index in [1.54, 1.807) is 0 Å². The van der Waals surface area contributed by atoms with Crippen LogP contribution in [0.1, 0.15) is 23.6 Å². The number of thiocarbonyl (C=S) groups is 1. The molecule has 4 rings (SSSR count). The Kier molecular flexibility index (Phi) is 2.48. The zero-order valence-electron chi connectivity index (χ0n) is 11.6. The molecule has 1 fully saturated rings. The zero-order chi connectivity index (χ0) is 14.6. The number of carbonyl (C=O) groups is 1. The lowest BCUT2D eigenvalue weighted by atomic mass is 9.89. The topological polar surface area (TPSA) is 41.1 Å². The van der Waals surface area contributed by atoms with Gasteiger partial charge in [0.2, 0.25) is 0 Å². The van der Waals surface area contributed by atoms with E-state index in [1.807, 2.05) is 13.0 Å². The van der Waals surface area contributed by atoms with Crippen molar-refractivity contribution < 1.29 is 4.79 Å². The number of carbonyl (C=O) groups excluding carboxylic acids is 1. The van der Waals surface area contributed by atoms with Gasteiger partial charge < -0.3 is 10.6 Å². The Labute approximate surface area is 128 Å². The molecule has 0 bridgehead atoms. The minimum absolute atomic E-state index is 0.0945. The number of fused-ring (bicyclic) bond motifs is 3. The Hall–Kier alpha value is -2.20. The monoisotopic (exact) mass is 294 g/mol. The van der Waals surface area contributed by atoms with Crippen molar-refractivity contribution in [3.63, 3.8) is 0 Å². The van der Waals surface area contributed by atoms with Crippen LogP contribution in [0.4, 0.5) is 0 Å². The first kappa shape index (κ1) is 12.5. The molecule has 21 heavy (non-hydrogen) atoms. The van der Waals surface area contributed by atoms with Gasteiger partial charge in [-0.25, -0.2) is 0 Å². The minimum Gasteiger partial charge on any atom is -0.345 e. The van der Waals surface area contributed by atoms with Crippen molar-refractivity contribution in [1.82, 2.24) is 10.6 Å². The third-order valence-electron chi connectivity index (χ3n) is 4.42. The summed E-state index contributed by atoms with van der Waals surface area (Å²) in [4.78, 5) is 12.2. The SMILES string of the molecule is CC1(c2ccc3c(c2)Cc2ccccc2-3)NC(=S)NC1=O. The molecule has 0 spiro atoms. The van der Waals surface area contributed by atoms with E-state index in [0.29, 0.717) is 5.11 Å². The van der Waals surface area contributed by atoms with E-state index in [9.17, 15) is 4.79 Å². The van der Waals surface area contributed by atoms with Crippen molar-refractivity contribution in [2.75, 3.05) is 0 Å². The molecule has 1 amide bonds. The Morgan fingerprint density at radius 2 is 1.86 bits per heavy atom. The lowest BCUT2D eigenvalue weighted by Crippen LogP contribution is -2.40. The second-order valence-corrected chi connectivity index (χ2v) is 6.15. The number of rotatable bonds is 1. The molecule has 1 unspecified atom stereocenters. The summed E-state index contributed by atoms with van der Waals surface area (Å²) >= 11 is 5.06. The molecule has 0 saturated carbocycles. The Balaban J connectivity index is 1.81. The maximum absolute atomic E-state index is 12.2. The highest BCUT2D eigenvalue weighted by atomic mass is 32.1. The molecular weight excluding hydrogens is 280 g/mol. The van der Waals surface area contributed by atoms with E-state index < -0.39 is 5.54 Å². The summed E-state index contributed by atoms with van der Waals surface area (Å²) < 4.78 is 0. The van der Waals surface area contributed by atoms with Gasteiger partial charge in [-0.1, -0.05) is 42.5 Å². The van der Waals surface area contributed by atoms with Crippen LogP contribution >= 0.6 is 12.2 Å². The van der Waals surface area contributed by atoms with Gasteiger partial charge in [0.1, 0.15) is 5.54 Å². The van der Waals surface area contributed by atoms with Crippen molar-refractivity contribution >= 4 is 23.2 Å². The van der Waals surface area contributed by atoms with E-state index in [1.165, 1.54) is 22.3 Å². The summed E-state index contributed by atoms with van der Waals surface area (Å²) in [6, 6.07) is 14.7. The lowest BCUT2D eigenvalue weighted by molar-refractivity contribution is -0.123. The van der Waals surface area contributed by atoms with Gasteiger partial charge >= 0.3 is 0 Å². The van der Waals surface area contributed by atoms with Crippen molar-refractivity contribution in [1.29, 1.82) is 0 Å². The summed E-state index contributed by atoms with van der Waals surface area (Å²) in [6.45, 7) is 1.87. The van der Waals surface area contributed by atoms with Crippen LogP contribution in [0.2, 0.25) is 0 Å². The van der Waals surface area contributed by atoms with Gasteiger partial charge in [0.15, 0.2) is 5.11 Å². The Bertz CT molecular complexity index is 799. The Morgan fingerprint density at radius 3 is 2.62 bits per heavy atom. The molecule has 1 aliphatic heterocycles. The van der Waals surface area contributed by atoms with Gasteiger partial charge in [-0.15, -0.1) is 0 Å². The predicted octanol–water partition coefficient (Wildman–Crippen LogP) is 2.48. The molecule has 2 aliphatic rings. The summed E-state index contributed by atoms with van der Waals surface area (Å²) in [5.41, 5.74) is 5.34. The van der Waals surface area contributed by atoms with E-state index in [2.05, 4.69) is 47.0 Å².